The first kappa shape index (κ1) is 17.3. The van der Waals surface area contributed by atoms with Gasteiger partial charge in [-0.15, -0.1) is 11.3 Å². The van der Waals surface area contributed by atoms with Gasteiger partial charge in [-0.25, -0.2) is 4.98 Å². The minimum atomic E-state index is -0.115. The Labute approximate surface area is 149 Å². The maximum absolute atomic E-state index is 12.1. The summed E-state index contributed by atoms with van der Waals surface area (Å²) in [6.07, 6.45) is 0. The molecule has 9 heteroatoms. The maximum Gasteiger partial charge on any atom is 0.268 e. The van der Waals surface area contributed by atoms with Crippen LogP contribution in [0.4, 0.5) is 11.9 Å². The third-order valence-corrected chi connectivity index (χ3v) is 4.54. The molecular weight excluding hydrogens is 338 g/mol. The van der Waals surface area contributed by atoms with Crippen LogP contribution in [0.25, 0.3) is 10.2 Å². The number of hydrogen-bond acceptors (Lipinski definition) is 8. The lowest BCUT2D eigenvalue weighted by Crippen LogP contribution is -2.25. The van der Waals surface area contributed by atoms with Crippen molar-refractivity contribution in [2.75, 3.05) is 30.9 Å². The second-order valence-electron chi connectivity index (χ2n) is 6.35. The molecule has 0 atom stereocenters. The van der Waals surface area contributed by atoms with E-state index in [1.165, 1.54) is 11.3 Å². The van der Waals surface area contributed by atoms with Gasteiger partial charge in [-0.2, -0.15) is 15.0 Å². The van der Waals surface area contributed by atoms with Gasteiger partial charge in [-0.05, 0) is 11.4 Å². The van der Waals surface area contributed by atoms with Gasteiger partial charge in [0.15, 0.2) is 0 Å². The van der Waals surface area contributed by atoms with E-state index in [2.05, 4.69) is 24.9 Å². The summed E-state index contributed by atoms with van der Waals surface area (Å²) in [5.41, 5.74) is 0.598. The van der Waals surface area contributed by atoms with E-state index in [0.717, 1.165) is 5.82 Å². The Morgan fingerprint density at radius 1 is 1.12 bits per heavy atom. The lowest BCUT2D eigenvalue weighted by Gasteiger charge is -2.20. The molecule has 3 rings (SSSR count). The highest BCUT2D eigenvalue weighted by Crippen LogP contribution is 2.18. The smallest absolute Gasteiger partial charge is 0.268 e. The number of thiophene rings is 1. The SMILES string of the molecule is CC(C)c1nc(N(C)C)nc(N(C)Cc2nc3ccsc3c(=O)[nH]2)n1. The third kappa shape index (κ3) is 3.60. The molecule has 25 heavy (non-hydrogen) atoms. The predicted octanol–water partition coefficient (Wildman–Crippen LogP) is 2.00. The van der Waals surface area contributed by atoms with Gasteiger partial charge in [0.1, 0.15) is 16.3 Å². The Bertz CT molecular complexity index is 921. The number of fused-ring (bicyclic) bond motifs is 1. The fraction of sp³-hybridized carbons (Fsp3) is 0.438. The van der Waals surface area contributed by atoms with Crippen molar-refractivity contribution in [2.45, 2.75) is 26.3 Å². The Balaban J connectivity index is 1.93. The molecule has 0 fully saturated rings. The van der Waals surface area contributed by atoms with Crippen LogP contribution in [0.5, 0.6) is 0 Å². The lowest BCUT2D eigenvalue weighted by molar-refractivity contribution is 0.729. The zero-order valence-corrected chi connectivity index (χ0v) is 15.8. The number of nitrogens with one attached hydrogen (secondary N) is 1. The predicted molar refractivity (Wildman–Crippen MR) is 101 cm³/mol. The molecule has 132 valence electrons. The van der Waals surface area contributed by atoms with Crippen LogP contribution in [-0.4, -0.2) is 46.1 Å². The van der Waals surface area contributed by atoms with Crippen LogP contribution in [0, 0.1) is 0 Å². The Kier molecular flexibility index (Phi) is 4.67. The molecule has 0 aromatic carbocycles. The van der Waals surface area contributed by atoms with Crippen LogP contribution >= 0.6 is 11.3 Å². The van der Waals surface area contributed by atoms with Gasteiger partial charge in [0.05, 0.1) is 12.1 Å². The Hall–Kier alpha value is -2.55. The van der Waals surface area contributed by atoms with E-state index in [0.29, 0.717) is 34.5 Å². The maximum atomic E-state index is 12.1. The summed E-state index contributed by atoms with van der Waals surface area (Å²) in [4.78, 5) is 36.7. The second kappa shape index (κ2) is 6.75. The molecule has 0 aliphatic carbocycles. The van der Waals surface area contributed by atoms with Crippen molar-refractivity contribution in [2.24, 2.45) is 0 Å². The zero-order chi connectivity index (χ0) is 18.1. The van der Waals surface area contributed by atoms with Gasteiger partial charge in [0.25, 0.3) is 5.56 Å². The zero-order valence-electron chi connectivity index (χ0n) is 14.9. The minimum absolute atomic E-state index is 0.115. The molecule has 0 aliphatic rings. The molecule has 0 bridgehead atoms. The molecule has 1 N–H and O–H groups in total. The third-order valence-electron chi connectivity index (χ3n) is 3.64. The number of H-pyrrole nitrogens is 1. The van der Waals surface area contributed by atoms with Crippen LogP contribution in [0.1, 0.15) is 31.4 Å². The van der Waals surface area contributed by atoms with Gasteiger partial charge in [-0.3, -0.25) is 4.79 Å². The summed E-state index contributed by atoms with van der Waals surface area (Å²) < 4.78 is 0.642. The fourth-order valence-corrected chi connectivity index (χ4v) is 3.02. The number of nitrogens with zero attached hydrogens (tertiary/aromatic N) is 6. The van der Waals surface area contributed by atoms with E-state index in [4.69, 9.17) is 0 Å². The van der Waals surface area contributed by atoms with Crippen LogP contribution in [0.2, 0.25) is 0 Å². The standard InChI is InChI=1S/C16H21N7OS/c1-9(2)13-19-15(22(3)4)21-16(20-13)23(5)8-11-17-10-6-7-25-12(10)14(24)18-11/h6-7,9H,8H2,1-5H3,(H,17,18,24). The van der Waals surface area contributed by atoms with Gasteiger partial charge in [0.2, 0.25) is 11.9 Å². The molecule has 3 aromatic rings. The summed E-state index contributed by atoms with van der Waals surface area (Å²) in [6.45, 7) is 4.49. The first-order valence-corrected chi connectivity index (χ1v) is 8.84. The molecule has 0 saturated carbocycles. The van der Waals surface area contributed by atoms with Crippen molar-refractivity contribution >= 4 is 33.5 Å². The quantitative estimate of drug-likeness (QED) is 0.745. The van der Waals surface area contributed by atoms with Gasteiger partial charge < -0.3 is 14.8 Å². The molecule has 3 aromatic heterocycles. The van der Waals surface area contributed by atoms with Crippen LogP contribution in [0.15, 0.2) is 16.2 Å². The van der Waals surface area contributed by atoms with Crippen molar-refractivity contribution in [1.29, 1.82) is 0 Å². The molecule has 0 unspecified atom stereocenters. The van der Waals surface area contributed by atoms with Crippen LogP contribution < -0.4 is 15.4 Å². The summed E-state index contributed by atoms with van der Waals surface area (Å²) >= 11 is 1.39. The first-order valence-electron chi connectivity index (χ1n) is 7.96. The van der Waals surface area contributed by atoms with E-state index >= 15 is 0 Å². The minimum Gasteiger partial charge on any atom is -0.347 e. The van der Waals surface area contributed by atoms with Crippen molar-refractivity contribution in [1.82, 2.24) is 24.9 Å². The molecule has 0 amide bonds. The van der Waals surface area contributed by atoms with E-state index in [1.807, 2.05) is 56.2 Å². The van der Waals surface area contributed by atoms with E-state index in [9.17, 15) is 4.79 Å². The van der Waals surface area contributed by atoms with E-state index in [-0.39, 0.29) is 11.5 Å². The number of anilines is 2. The first-order chi connectivity index (χ1) is 11.8. The summed E-state index contributed by atoms with van der Waals surface area (Å²) in [6, 6.07) is 1.85. The summed E-state index contributed by atoms with van der Waals surface area (Å²) in [7, 11) is 5.66. The van der Waals surface area contributed by atoms with Crippen molar-refractivity contribution in [3.8, 4) is 0 Å². The molecule has 3 heterocycles. The van der Waals surface area contributed by atoms with E-state index in [1.54, 1.807) is 0 Å². The average Bonchev–Trinajstić information content (AvgIpc) is 3.03. The molecule has 0 aliphatic heterocycles. The Morgan fingerprint density at radius 3 is 2.52 bits per heavy atom. The normalized spacial score (nSPS) is 11.3. The molecular formula is C16H21N7OS. The van der Waals surface area contributed by atoms with Gasteiger partial charge in [-0.1, -0.05) is 13.8 Å². The molecule has 8 nitrogen and oxygen atoms in total. The van der Waals surface area contributed by atoms with Gasteiger partial charge in [0, 0.05) is 27.1 Å². The monoisotopic (exact) mass is 359 g/mol. The molecule has 0 radical (unpaired) electrons. The highest BCUT2D eigenvalue weighted by molar-refractivity contribution is 7.17. The number of rotatable bonds is 5. The highest BCUT2D eigenvalue weighted by Gasteiger charge is 2.15. The second-order valence-corrected chi connectivity index (χ2v) is 7.26. The molecule has 0 saturated heterocycles. The largest absolute Gasteiger partial charge is 0.347 e. The summed E-state index contributed by atoms with van der Waals surface area (Å²) in [5.74, 6) is 2.66. The van der Waals surface area contributed by atoms with Crippen molar-refractivity contribution in [3.63, 3.8) is 0 Å². The van der Waals surface area contributed by atoms with Gasteiger partial charge >= 0.3 is 0 Å². The topological polar surface area (TPSA) is 90.9 Å². The van der Waals surface area contributed by atoms with Crippen LogP contribution in [0.3, 0.4) is 0 Å². The lowest BCUT2D eigenvalue weighted by atomic mass is 10.2. The Morgan fingerprint density at radius 2 is 1.84 bits per heavy atom. The van der Waals surface area contributed by atoms with E-state index < -0.39 is 0 Å². The highest BCUT2D eigenvalue weighted by atomic mass is 32.1. The average molecular weight is 359 g/mol. The number of hydrogen-bond donors (Lipinski definition) is 1. The molecule has 0 spiro atoms. The number of aromatic nitrogens is 5. The summed E-state index contributed by atoms with van der Waals surface area (Å²) in [5, 5.41) is 1.87. The fourth-order valence-electron chi connectivity index (χ4n) is 2.29. The van der Waals surface area contributed by atoms with Crippen molar-refractivity contribution < 1.29 is 0 Å². The van der Waals surface area contributed by atoms with Crippen LogP contribution in [-0.2, 0) is 6.54 Å². The van der Waals surface area contributed by atoms with Crippen molar-refractivity contribution in [3.05, 3.63) is 33.4 Å². The number of aromatic amines is 1.